The fraction of sp³-hybridized carbons (Fsp3) is 0.357. The molecule has 1 heterocycles. The summed E-state index contributed by atoms with van der Waals surface area (Å²) in [5.41, 5.74) is 9.75. The van der Waals surface area contributed by atoms with Gasteiger partial charge in [0.25, 0.3) is 0 Å². The Morgan fingerprint density at radius 1 is 1.25 bits per heavy atom. The van der Waals surface area contributed by atoms with Gasteiger partial charge in [0.05, 0.1) is 23.4 Å². The van der Waals surface area contributed by atoms with E-state index in [1.807, 2.05) is 26.0 Å². The summed E-state index contributed by atoms with van der Waals surface area (Å²) in [6.45, 7) is 6.20. The summed E-state index contributed by atoms with van der Waals surface area (Å²) in [7, 11) is 0. The highest BCUT2D eigenvalue weighted by molar-refractivity contribution is 8.00. The molecule has 0 amide bonds. The SMILES string of the molecule is CCOC(=O)CSc1nc2cc(C)c(C)cc2nc1N. The Balaban J connectivity index is 2.28. The molecule has 0 radical (unpaired) electrons. The minimum absolute atomic E-state index is 0.184. The Kier molecular flexibility index (Phi) is 4.44. The van der Waals surface area contributed by atoms with Gasteiger partial charge in [0.1, 0.15) is 5.03 Å². The zero-order chi connectivity index (χ0) is 14.7. The number of nitrogen functional groups attached to an aromatic ring is 1. The third-order valence-corrected chi connectivity index (χ3v) is 3.86. The number of anilines is 1. The number of hydrogen-bond donors (Lipinski definition) is 1. The van der Waals surface area contributed by atoms with Crippen molar-refractivity contribution >= 4 is 34.6 Å². The van der Waals surface area contributed by atoms with Crippen LogP contribution in [0, 0.1) is 13.8 Å². The first-order valence-electron chi connectivity index (χ1n) is 6.34. The molecule has 20 heavy (non-hydrogen) atoms. The molecule has 0 aliphatic heterocycles. The van der Waals surface area contributed by atoms with Gasteiger partial charge in [-0.3, -0.25) is 4.79 Å². The van der Waals surface area contributed by atoms with Crippen LogP contribution in [-0.2, 0) is 9.53 Å². The Hall–Kier alpha value is -1.82. The van der Waals surface area contributed by atoms with Crippen molar-refractivity contribution in [1.82, 2.24) is 9.97 Å². The quantitative estimate of drug-likeness (QED) is 0.688. The molecule has 2 rings (SSSR count). The summed E-state index contributed by atoms with van der Waals surface area (Å²) >= 11 is 1.25. The van der Waals surface area contributed by atoms with Crippen LogP contribution < -0.4 is 5.73 Å². The lowest BCUT2D eigenvalue weighted by molar-refractivity contribution is -0.139. The minimum atomic E-state index is -0.279. The summed E-state index contributed by atoms with van der Waals surface area (Å²) in [6, 6.07) is 3.94. The van der Waals surface area contributed by atoms with Crippen LogP contribution in [0.2, 0.25) is 0 Å². The van der Waals surface area contributed by atoms with E-state index in [4.69, 9.17) is 10.5 Å². The number of aromatic nitrogens is 2. The molecule has 0 aliphatic carbocycles. The van der Waals surface area contributed by atoms with E-state index in [1.165, 1.54) is 11.8 Å². The molecule has 0 bridgehead atoms. The highest BCUT2D eigenvalue weighted by Gasteiger charge is 2.11. The van der Waals surface area contributed by atoms with Crippen LogP contribution in [0.3, 0.4) is 0 Å². The largest absolute Gasteiger partial charge is 0.465 e. The van der Waals surface area contributed by atoms with Crippen molar-refractivity contribution in [2.75, 3.05) is 18.1 Å². The van der Waals surface area contributed by atoms with Gasteiger partial charge in [0.2, 0.25) is 0 Å². The van der Waals surface area contributed by atoms with Crippen molar-refractivity contribution in [2.45, 2.75) is 25.8 Å². The van der Waals surface area contributed by atoms with Gasteiger partial charge in [-0.05, 0) is 44.0 Å². The van der Waals surface area contributed by atoms with Crippen LogP contribution in [0.25, 0.3) is 11.0 Å². The second-order valence-electron chi connectivity index (χ2n) is 4.43. The van der Waals surface area contributed by atoms with Gasteiger partial charge in [0.15, 0.2) is 5.82 Å². The van der Waals surface area contributed by atoms with Crippen molar-refractivity contribution < 1.29 is 9.53 Å². The van der Waals surface area contributed by atoms with Gasteiger partial charge in [-0.1, -0.05) is 11.8 Å². The fourth-order valence-electron chi connectivity index (χ4n) is 1.75. The molecule has 2 aromatic rings. The monoisotopic (exact) mass is 291 g/mol. The fourth-order valence-corrected chi connectivity index (χ4v) is 2.44. The number of esters is 1. The molecule has 6 heteroatoms. The predicted octanol–water partition coefficient (Wildman–Crippen LogP) is 2.48. The predicted molar refractivity (Wildman–Crippen MR) is 80.8 cm³/mol. The van der Waals surface area contributed by atoms with Gasteiger partial charge in [-0.2, -0.15) is 0 Å². The number of thioether (sulfide) groups is 1. The summed E-state index contributed by atoms with van der Waals surface area (Å²) in [5, 5.41) is 0.564. The van der Waals surface area contributed by atoms with Crippen molar-refractivity contribution in [3.8, 4) is 0 Å². The molecule has 0 saturated heterocycles. The van der Waals surface area contributed by atoms with Crippen molar-refractivity contribution in [1.29, 1.82) is 0 Å². The summed E-state index contributed by atoms with van der Waals surface area (Å²) in [5.74, 6) is 0.247. The first kappa shape index (κ1) is 14.6. The average Bonchev–Trinajstić information content (AvgIpc) is 2.39. The van der Waals surface area contributed by atoms with E-state index >= 15 is 0 Å². The van der Waals surface area contributed by atoms with Crippen LogP contribution in [0.4, 0.5) is 5.82 Å². The van der Waals surface area contributed by atoms with Crippen LogP contribution in [0.5, 0.6) is 0 Å². The van der Waals surface area contributed by atoms with E-state index in [9.17, 15) is 4.79 Å². The first-order chi connectivity index (χ1) is 9.51. The van der Waals surface area contributed by atoms with E-state index < -0.39 is 0 Å². The van der Waals surface area contributed by atoms with Crippen molar-refractivity contribution in [3.63, 3.8) is 0 Å². The summed E-state index contributed by atoms with van der Waals surface area (Å²) in [4.78, 5) is 20.2. The number of rotatable bonds is 4. The molecule has 0 spiro atoms. The summed E-state index contributed by atoms with van der Waals surface area (Å²) < 4.78 is 4.88. The van der Waals surface area contributed by atoms with E-state index in [1.54, 1.807) is 6.92 Å². The number of nitrogens with zero attached hydrogens (tertiary/aromatic N) is 2. The number of carbonyl (C=O) groups excluding carboxylic acids is 1. The van der Waals surface area contributed by atoms with Gasteiger partial charge in [-0.25, -0.2) is 9.97 Å². The Morgan fingerprint density at radius 3 is 2.45 bits per heavy atom. The van der Waals surface area contributed by atoms with Gasteiger partial charge >= 0.3 is 5.97 Å². The number of fused-ring (bicyclic) bond motifs is 1. The standard InChI is InChI=1S/C14H17N3O2S/c1-4-19-12(18)7-20-14-13(15)16-10-5-8(2)9(3)6-11(10)17-14/h5-6H,4,7H2,1-3H3,(H2,15,16). The molecular weight excluding hydrogens is 274 g/mol. The number of nitrogens with two attached hydrogens (primary N) is 1. The third-order valence-electron chi connectivity index (χ3n) is 2.90. The van der Waals surface area contributed by atoms with Crippen LogP contribution in [0.15, 0.2) is 17.2 Å². The maximum Gasteiger partial charge on any atom is 0.316 e. The molecule has 106 valence electrons. The smallest absolute Gasteiger partial charge is 0.316 e. The first-order valence-corrected chi connectivity index (χ1v) is 7.32. The molecule has 1 aromatic heterocycles. The molecule has 5 nitrogen and oxygen atoms in total. The lowest BCUT2D eigenvalue weighted by atomic mass is 10.1. The lowest BCUT2D eigenvalue weighted by Gasteiger charge is -2.07. The Morgan fingerprint density at radius 2 is 1.85 bits per heavy atom. The molecule has 0 fully saturated rings. The normalized spacial score (nSPS) is 10.8. The average molecular weight is 291 g/mol. The molecular formula is C14H17N3O2S. The van der Waals surface area contributed by atoms with E-state index in [0.29, 0.717) is 17.5 Å². The lowest BCUT2D eigenvalue weighted by Crippen LogP contribution is -2.07. The maximum absolute atomic E-state index is 11.4. The van der Waals surface area contributed by atoms with Crippen LogP contribution in [-0.4, -0.2) is 28.3 Å². The number of hydrogen-bond acceptors (Lipinski definition) is 6. The highest BCUT2D eigenvalue weighted by Crippen LogP contribution is 2.25. The highest BCUT2D eigenvalue weighted by atomic mass is 32.2. The topological polar surface area (TPSA) is 78.1 Å². The zero-order valence-corrected chi connectivity index (χ0v) is 12.6. The molecule has 0 saturated carbocycles. The van der Waals surface area contributed by atoms with Crippen LogP contribution in [0.1, 0.15) is 18.1 Å². The molecule has 2 N–H and O–H groups in total. The van der Waals surface area contributed by atoms with Gasteiger partial charge in [-0.15, -0.1) is 0 Å². The Bertz CT molecular complexity index is 658. The van der Waals surface area contributed by atoms with E-state index in [-0.39, 0.29) is 11.7 Å². The third kappa shape index (κ3) is 3.19. The summed E-state index contributed by atoms with van der Waals surface area (Å²) in [6.07, 6.45) is 0. The van der Waals surface area contributed by atoms with Crippen LogP contribution >= 0.6 is 11.8 Å². The number of aryl methyl sites for hydroxylation is 2. The maximum atomic E-state index is 11.4. The van der Waals surface area contributed by atoms with E-state index in [2.05, 4.69) is 9.97 Å². The van der Waals surface area contributed by atoms with E-state index in [0.717, 1.165) is 22.2 Å². The molecule has 0 unspecified atom stereocenters. The molecule has 0 atom stereocenters. The van der Waals surface area contributed by atoms with Gasteiger partial charge in [0, 0.05) is 0 Å². The number of ether oxygens (including phenoxy) is 1. The second-order valence-corrected chi connectivity index (χ2v) is 5.40. The van der Waals surface area contributed by atoms with Gasteiger partial charge < -0.3 is 10.5 Å². The second kappa shape index (κ2) is 6.09. The number of benzene rings is 1. The Labute approximate surface area is 121 Å². The van der Waals surface area contributed by atoms with Crippen molar-refractivity contribution in [3.05, 3.63) is 23.3 Å². The minimum Gasteiger partial charge on any atom is -0.465 e. The van der Waals surface area contributed by atoms with Crippen molar-refractivity contribution in [2.24, 2.45) is 0 Å². The number of carbonyl (C=O) groups is 1. The zero-order valence-electron chi connectivity index (χ0n) is 11.8. The molecule has 0 aliphatic rings. The molecule has 1 aromatic carbocycles.